The normalized spacial score (nSPS) is 48.7. The number of allylic oxidation sites excluding steroid dienone is 2. The number of carbonyl (C=O) groups excluding carboxylic acids is 2. The Hall–Kier alpha value is -1.42. The second kappa shape index (κ2) is 5.04. The summed E-state index contributed by atoms with van der Waals surface area (Å²) < 4.78 is 5.64. The Morgan fingerprint density at radius 3 is 2.38 bits per heavy atom. The maximum Gasteiger partial charge on any atom is 0.334 e. The van der Waals surface area contributed by atoms with Gasteiger partial charge in [-0.1, -0.05) is 32.9 Å². The number of ketones is 1. The van der Waals surface area contributed by atoms with Gasteiger partial charge in [-0.2, -0.15) is 0 Å². The van der Waals surface area contributed by atoms with Crippen LogP contribution in [0.3, 0.4) is 0 Å². The van der Waals surface area contributed by atoms with E-state index in [2.05, 4.69) is 13.5 Å². The van der Waals surface area contributed by atoms with Gasteiger partial charge in [-0.15, -0.1) is 6.58 Å². The van der Waals surface area contributed by atoms with E-state index < -0.39 is 23.0 Å². The van der Waals surface area contributed by atoms with E-state index in [1.54, 1.807) is 13.0 Å². The first kappa shape index (κ1) is 17.4. The minimum Gasteiger partial charge on any atom is -0.458 e. The van der Waals surface area contributed by atoms with Crippen molar-refractivity contribution in [2.45, 2.75) is 59.2 Å². The standard InChI is InChI=1S/C20H28O4/c1-7-11-9-13(24-17(11)22)15-19(5)10-12(20(15,6)23)16(21)18(3,4)14(19)8-2/h7-8,12-15,23H,2,9-10H2,1,3-6H3. The lowest BCUT2D eigenvalue weighted by Crippen LogP contribution is -2.49. The second-order valence-corrected chi connectivity index (χ2v) is 8.73. The average molecular weight is 332 g/mol. The molecule has 6 unspecified atom stereocenters. The molecule has 6 atom stereocenters. The Morgan fingerprint density at radius 2 is 1.88 bits per heavy atom. The molecule has 3 aliphatic rings. The van der Waals surface area contributed by atoms with Crippen LogP contribution >= 0.6 is 0 Å². The smallest absolute Gasteiger partial charge is 0.334 e. The van der Waals surface area contributed by atoms with Gasteiger partial charge in [0.1, 0.15) is 11.9 Å². The fraction of sp³-hybridized carbons (Fsp3) is 0.700. The number of fused-ring (bicyclic) bond motifs is 2. The molecule has 1 aliphatic heterocycles. The van der Waals surface area contributed by atoms with Crippen LogP contribution in [0.25, 0.3) is 0 Å². The zero-order chi connectivity index (χ0) is 18.1. The van der Waals surface area contributed by atoms with Crippen LogP contribution in [0.4, 0.5) is 0 Å². The molecule has 1 N–H and O–H groups in total. The molecule has 4 nitrogen and oxygen atoms in total. The molecule has 0 aromatic carbocycles. The van der Waals surface area contributed by atoms with E-state index >= 15 is 0 Å². The highest BCUT2D eigenvalue weighted by Crippen LogP contribution is 2.67. The SMILES string of the molecule is C=CC1C(C)(C)C(=O)C2CC1(C)C(C1CC(=CC)C(=O)O1)C2(C)O. The molecule has 24 heavy (non-hydrogen) atoms. The Morgan fingerprint density at radius 1 is 1.25 bits per heavy atom. The van der Waals surface area contributed by atoms with Crippen molar-refractivity contribution in [3.05, 3.63) is 24.3 Å². The highest BCUT2D eigenvalue weighted by molar-refractivity contribution is 5.91. The number of rotatable bonds is 2. The van der Waals surface area contributed by atoms with E-state index in [-0.39, 0.29) is 29.0 Å². The molecule has 0 radical (unpaired) electrons. The van der Waals surface area contributed by atoms with Gasteiger partial charge in [-0.05, 0) is 31.6 Å². The summed E-state index contributed by atoms with van der Waals surface area (Å²) >= 11 is 0. The number of hydrogen-bond donors (Lipinski definition) is 1. The lowest BCUT2D eigenvalue weighted by atomic mass is 9.54. The van der Waals surface area contributed by atoms with Gasteiger partial charge in [0.25, 0.3) is 0 Å². The van der Waals surface area contributed by atoms with E-state index in [9.17, 15) is 14.7 Å². The van der Waals surface area contributed by atoms with Gasteiger partial charge >= 0.3 is 5.97 Å². The molecule has 132 valence electrons. The molecule has 4 heteroatoms. The van der Waals surface area contributed by atoms with E-state index in [1.807, 2.05) is 26.8 Å². The molecule has 2 aliphatic carbocycles. The Balaban J connectivity index is 2.11. The Labute approximate surface area is 144 Å². The average Bonchev–Trinajstić information content (AvgIpc) is 2.91. The van der Waals surface area contributed by atoms with Crippen molar-refractivity contribution in [1.29, 1.82) is 0 Å². The van der Waals surface area contributed by atoms with Crippen LogP contribution in [0.15, 0.2) is 24.3 Å². The van der Waals surface area contributed by atoms with E-state index in [4.69, 9.17) is 4.74 Å². The molecule has 0 aromatic heterocycles. The van der Waals surface area contributed by atoms with Crippen LogP contribution in [0, 0.1) is 28.6 Å². The van der Waals surface area contributed by atoms with Gasteiger partial charge in [0, 0.05) is 29.2 Å². The molecular formula is C20H28O4. The molecule has 2 bridgehead atoms. The Bertz CT molecular complexity index is 642. The molecule has 0 amide bonds. The lowest BCUT2D eigenvalue weighted by Gasteiger charge is -2.48. The van der Waals surface area contributed by atoms with Crippen LogP contribution in [0.2, 0.25) is 0 Å². The molecule has 3 rings (SSSR count). The molecule has 0 spiro atoms. The zero-order valence-corrected chi connectivity index (χ0v) is 15.3. The third kappa shape index (κ3) is 1.95. The van der Waals surface area contributed by atoms with E-state index in [0.29, 0.717) is 18.4 Å². The van der Waals surface area contributed by atoms with Crippen molar-refractivity contribution in [2.24, 2.45) is 28.6 Å². The summed E-state index contributed by atoms with van der Waals surface area (Å²) in [7, 11) is 0. The summed E-state index contributed by atoms with van der Waals surface area (Å²) in [5.74, 6) is -0.990. The quantitative estimate of drug-likeness (QED) is 0.479. The predicted octanol–water partition coefficient (Wildman–Crippen LogP) is 3.05. The number of aliphatic hydroxyl groups is 1. The number of hydrogen-bond acceptors (Lipinski definition) is 4. The highest BCUT2D eigenvalue weighted by Gasteiger charge is 2.71. The number of Topliss-reactive ketones (excluding diaryl/α,β-unsaturated/α-hetero) is 1. The maximum atomic E-state index is 13.1. The zero-order valence-electron chi connectivity index (χ0n) is 15.3. The molecule has 3 fully saturated rings. The van der Waals surface area contributed by atoms with Crippen molar-refractivity contribution in [3.63, 3.8) is 0 Å². The van der Waals surface area contributed by atoms with Crippen LogP contribution in [-0.2, 0) is 14.3 Å². The first-order valence-electron chi connectivity index (χ1n) is 8.77. The van der Waals surface area contributed by atoms with E-state index in [0.717, 1.165) is 0 Å². The summed E-state index contributed by atoms with van der Waals surface area (Å²) in [6.07, 6.45) is 4.36. The van der Waals surface area contributed by atoms with Gasteiger partial charge in [0.15, 0.2) is 0 Å². The van der Waals surface area contributed by atoms with Crippen molar-refractivity contribution < 1.29 is 19.4 Å². The van der Waals surface area contributed by atoms with Crippen molar-refractivity contribution in [2.75, 3.05) is 0 Å². The number of cyclic esters (lactones) is 1. The number of ether oxygens (including phenoxy) is 1. The number of esters is 1. The molecule has 2 saturated carbocycles. The first-order chi connectivity index (χ1) is 11.0. The lowest BCUT2D eigenvalue weighted by molar-refractivity contribution is -0.150. The van der Waals surface area contributed by atoms with Crippen molar-refractivity contribution in [3.8, 4) is 0 Å². The molecular weight excluding hydrogens is 304 g/mol. The van der Waals surface area contributed by atoms with Gasteiger partial charge in [-0.25, -0.2) is 4.79 Å². The Kier molecular flexibility index (Phi) is 3.66. The molecule has 1 saturated heterocycles. The molecule has 0 aromatic rings. The fourth-order valence-corrected chi connectivity index (χ4v) is 6.10. The van der Waals surface area contributed by atoms with Crippen LogP contribution in [-0.4, -0.2) is 28.6 Å². The molecule has 1 heterocycles. The minimum absolute atomic E-state index is 0.0684. The summed E-state index contributed by atoms with van der Waals surface area (Å²) in [5.41, 5.74) is -1.44. The van der Waals surface area contributed by atoms with Crippen LogP contribution in [0.5, 0.6) is 0 Å². The minimum atomic E-state index is -1.19. The summed E-state index contributed by atoms with van der Waals surface area (Å²) in [4.78, 5) is 25.1. The van der Waals surface area contributed by atoms with E-state index in [1.165, 1.54) is 0 Å². The largest absolute Gasteiger partial charge is 0.458 e. The van der Waals surface area contributed by atoms with Crippen LogP contribution in [0.1, 0.15) is 47.5 Å². The number of carbonyl (C=O) groups is 2. The third-order valence-corrected chi connectivity index (χ3v) is 7.03. The summed E-state index contributed by atoms with van der Waals surface area (Å²) in [6, 6.07) is 0. The van der Waals surface area contributed by atoms with Gasteiger partial charge < -0.3 is 9.84 Å². The van der Waals surface area contributed by atoms with Gasteiger partial charge in [-0.3, -0.25) is 4.79 Å². The summed E-state index contributed by atoms with van der Waals surface area (Å²) in [6.45, 7) is 13.6. The van der Waals surface area contributed by atoms with Crippen molar-refractivity contribution in [1.82, 2.24) is 0 Å². The third-order valence-electron chi connectivity index (χ3n) is 7.03. The maximum absolute atomic E-state index is 13.1. The fourth-order valence-electron chi connectivity index (χ4n) is 6.10. The highest BCUT2D eigenvalue weighted by atomic mass is 16.6. The van der Waals surface area contributed by atoms with Crippen molar-refractivity contribution >= 4 is 11.8 Å². The monoisotopic (exact) mass is 332 g/mol. The topological polar surface area (TPSA) is 63.6 Å². The second-order valence-electron chi connectivity index (χ2n) is 8.73. The summed E-state index contributed by atoms with van der Waals surface area (Å²) in [5, 5.41) is 11.3. The van der Waals surface area contributed by atoms with Gasteiger partial charge in [0.2, 0.25) is 0 Å². The van der Waals surface area contributed by atoms with Crippen LogP contribution < -0.4 is 0 Å². The van der Waals surface area contributed by atoms with Gasteiger partial charge in [0.05, 0.1) is 5.60 Å². The first-order valence-corrected chi connectivity index (χ1v) is 8.77. The predicted molar refractivity (Wildman–Crippen MR) is 91.1 cm³/mol.